The van der Waals surface area contributed by atoms with Crippen LogP contribution in [0.3, 0.4) is 0 Å². The largest absolute Gasteiger partial charge is 0.325 e. The van der Waals surface area contributed by atoms with Crippen LogP contribution in [0.5, 0.6) is 0 Å². The highest BCUT2D eigenvalue weighted by Gasteiger charge is 2.39. The highest BCUT2D eigenvalue weighted by atomic mass is 16.2. The lowest BCUT2D eigenvalue weighted by Crippen LogP contribution is -2.55. The summed E-state index contributed by atoms with van der Waals surface area (Å²) in [4.78, 5) is 32.6. The zero-order valence-electron chi connectivity index (χ0n) is 12.7. The summed E-state index contributed by atoms with van der Waals surface area (Å²) in [5.41, 5.74) is 0. The van der Waals surface area contributed by atoms with Gasteiger partial charge in [0.15, 0.2) is 0 Å². The molecule has 0 radical (unpaired) electrons. The Bertz CT molecular complexity index is 552. The molecule has 3 heterocycles. The molecule has 3 rings (SSSR count). The van der Waals surface area contributed by atoms with Crippen molar-refractivity contribution < 1.29 is 9.59 Å². The highest BCUT2D eigenvalue weighted by Crippen LogP contribution is 2.26. The van der Waals surface area contributed by atoms with Crippen LogP contribution in [0, 0.1) is 0 Å². The SMILES string of the molecule is CC(C)c1nccn1CC(=O)N1CCC(=O)N2CCC[C@@H]21. The van der Waals surface area contributed by atoms with Crippen molar-refractivity contribution in [3.63, 3.8) is 0 Å². The molecule has 0 saturated carbocycles. The molecule has 0 unspecified atom stereocenters. The fourth-order valence-corrected chi connectivity index (χ4v) is 3.36. The highest BCUT2D eigenvalue weighted by molar-refractivity contribution is 5.82. The van der Waals surface area contributed by atoms with E-state index in [0.29, 0.717) is 25.4 Å². The summed E-state index contributed by atoms with van der Waals surface area (Å²) in [7, 11) is 0. The quantitative estimate of drug-likeness (QED) is 0.840. The second kappa shape index (κ2) is 5.50. The topological polar surface area (TPSA) is 58.4 Å². The first kappa shape index (κ1) is 14.1. The van der Waals surface area contributed by atoms with E-state index in [9.17, 15) is 9.59 Å². The van der Waals surface area contributed by atoms with Crippen molar-refractivity contribution in [2.75, 3.05) is 13.1 Å². The molecule has 1 aromatic heterocycles. The summed E-state index contributed by atoms with van der Waals surface area (Å²) in [6.45, 7) is 5.79. The zero-order chi connectivity index (χ0) is 15.0. The van der Waals surface area contributed by atoms with E-state index in [1.54, 1.807) is 6.20 Å². The Labute approximate surface area is 124 Å². The predicted octanol–water partition coefficient (Wildman–Crippen LogP) is 1.19. The van der Waals surface area contributed by atoms with Gasteiger partial charge in [0.1, 0.15) is 18.5 Å². The summed E-state index contributed by atoms with van der Waals surface area (Å²) in [6.07, 6.45) is 5.91. The van der Waals surface area contributed by atoms with Crippen LogP contribution in [0.2, 0.25) is 0 Å². The molecule has 2 fully saturated rings. The van der Waals surface area contributed by atoms with Crippen LogP contribution in [0.25, 0.3) is 0 Å². The van der Waals surface area contributed by atoms with Crippen molar-refractivity contribution in [1.82, 2.24) is 19.4 Å². The van der Waals surface area contributed by atoms with Gasteiger partial charge in [-0.2, -0.15) is 0 Å². The number of imidazole rings is 1. The lowest BCUT2D eigenvalue weighted by atomic mass is 10.2. The number of nitrogens with zero attached hydrogens (tertiary/aromatic N) is 4. The maximum Gasteiger partial charge on any atom is 0.244 e. The van der Waals surface area contributed by atoms with Crippen LogP contribution in [-0.2, 0) is 16.1 Å². The van der Waals surface area contributed by atoms with Gasteiger partial charge in [0.05, 0.1) is 0 Å². The van der Waals surface area contributed by atoms with E-state index in [1.807, 2.05) is 20.6 Å². The lowest BCUT2D eigenvalue weighted by molar-refractivity contribution is -0.150. The zero-order valence-corrected chi connectivity index (χ0v) is 12.7. The third-order valence-corrected chi connectivity index (χ3v) is 4.36. The molecule has 6 nitrogen and oxygen atoms in total. The van der Waals surface area contributed by atoms with Crippen LogP contribution < -0.4 is 0 Å². The maximum atomic E-state index is 12.6. The third-order valence-electron chi connectivity index (χ3n) is 4.36. The normalized spacial score (nSPS) is 22.0. The van der Waals surface area contributed by atoms with Gasteiger partial charge in [-0.15, -0.1) is 0 Å². The molecule has 0 aromatic carbocycles. The Kier molecular flexibility index (Phi) is 3.69. The minimum atomic E-state index is -0.0234. The minimum absolute atomic E-state index is 0.0234. The Hall–Kier alpha value is -1.85. The second-order valence-corrected chi connectivity index (χ2v) is 6.12. The maximum absolute atomic E-state index is 12.6. The van der Waals surface area contributed by atoms with E-state index in [1.165, 1.54) is 0 Å². The van der Waals surface area contributed by atoms with Crippen molar-refractivity contribution >= 4 is 11.8 Å². The molecule has 114 valence electrons. The predicted molar refractivity (Wildman–Crippen MR) is 77.4 cm³/mol. The number of hydrogen-bond donors (Lipinski definition) is 0. The van der Waals surface area contributed by atoms with Gasteiger partial charge in [-0.1, -0.05) is 13.8 Å². The lowest BCUT2D eigenvalue weighted by Gasteiger charge is -2.39. The molecule has 2 saturated heterocycles. The molecular formula is C15H22N4O2. The van der Waals surface area contributed by atoms with E-state index >= 15 is 0 Å². The van der Waals surface area contributed by atoms with E-state index in [0.717, 1.165) is 25.2 Å². The fourth-order valence-electron chi connectivity index (χ4n) is 3.36. The van der Waals surface area contributed by atoms with Crippen LogP contribution in [0.15, 0.2) is 12.4 Å². The third kappa shape index (κ3) is 2.54. The smallest absolute Gasteiger partial charge is 0.244 e. The molecule has 6 heteroatoms. The molecular weight excluding hydrogens is 268 g/mol. The van der Waals surface area contributed by atoms with Gasteiger partial charge in [-0.3, -0.25) is 9.59 Å². The molecule has 0 spiro atoms. The summed E-state index contributed by atoms with van der Waals surface area (Å²) < 4.78 is 1.92. The Balaban J connectivity index is 1.73. The second-order valence-electron chi connectivity index (χ2n) is 6.12. The number of carbonyl (C=O) groups excluding carboxylic acids is 2. The number of hydrogen-bond acceptors (Lipinski definition) is 3. The molecule has 1 aromatic rings. The average molecular weight is 290 g/mol. The summed E-state index contributed by atoms with van der Waals surface area (Å²) in [5, 5.41) is 0. The van der Waals surface area contributed by atoms with E-state index in [-0.39, 0.29) is 18.0 Å². The number of amides is 2. The molecule has 0 aliphatic carbocycles. The van der Waals surface area contributed by atoms with Crippen LogP contribution in [0.1, 0.15) is 44.9 Å². The van der Waals surface area contributed by atoms with E-state index < -0.39 is 0 Å². The van der Waals surface area contributed by atoms with E-state index in [2.05, 4.69) is 18.8 Å². The van der Waals surface area contributed by atoms with Gasteiger partial charge in [-0.05, 0) is 12.8 Å². The van der Waals surface area contributed by atoms with Gasteiger partial charge in [-0.25, -0.2) is 4.98 Å². The first-order valence-corrected chi connectivity index (χ1v) is 7.68. The molecule has 0 bridgehead atoms. The summed E-state index contributed by atoms with van der Waals surface area (Å²) in [5.74, 6) is 1.49. The van der Waals surface area contributed by atoms with E-state index in [4.69, 9.17) is 0 Å². The van der Waals surface area contributed by atoms with Crippen molar-refractivity contribution in [2.24, 2.45) is 0 Å². The van der Waals surface area contributed by atoms with Gasteiger partial charge >= 0.3 is 0 Å². The fraction of sp³-hybridized carbons (Fsp3) is 0.667. The van der Waals surface area contributed by atoms with Crippen LogP contribution in [0.4, 0.5) is 0 Å². The van der Waals surface area contributed by atoms with Gasteiger partial charge in [0, 0.05) is 37.8 Å². The summed E-state index contributed by atoms with van der Waals surface area (Å²) in [6, 6.07) is 0. The Morgan fingerprint density at radius 1 is 1.43 bits per heavy atom. The monoisotopic (exact) mass is 290 g/mol. The van der Waals surface area contributed by atoms with Gasteiger partial charge in [0.25, 0.3) is 0 Å². The molecule has 21 heavy (non-hydrogen) atoms. The van der Waals surface area contributed by atoms with Crippen molar-refractivity contribution in [3.8, 4) is 0 Å². The summed E-state index contributed by atoms with van der Waals surface area (Å²) >= 11 is 0. The first-order valence-electron chi connectivity index (χ1n) is 7.68. The number of aromatic nitrogens is 2. The standard InChI is InChI=1S/C15H22N4O2/c1-11(2)15-16-6-9-17(15)10-14(21)19-8-5-13(20)18-7-3-4-12(18)19/h6,9,11-12H,3-5,7-8,10H2,1-2H3/t12-/m0/s1. The molecule has 1 atom stereocenters. The number of rotatable bonds is 3. The molecule has 2 aliphatic heterocycles. The van der Waals surface area contributed by atoms with Gasteiger partial charge in [0.2, 0.25) is 11.8 Å². The van der Waals surface area contributed by atoms with Crippen molar-refractivity contribution in [3.05, 3.63) is 18.2 Å². The average Bonchev–Trinajstić information content (AvgIpc) is 3.07. The first-order chi connectivity index (χ1) is 10.1. The van der Waals surface area contributed by atoms with Gasteiger partial charge < -0.3 is 14.4 Å². The Morgan fingerprint density at radius 2 is 2.24 bits per heavy atom. The van der Waals surface area contributed by atoms with Crippen LogP contribution >= 0.6 is 0 Å². The van der Waals surface area contributed by atoms with Crippen molar-refractivity contribution in [2.45, 2.75) is 51.7 Å². The van der Waals surface area contributed by atoms with Crippen molar-refractivity contribution in [1.29, 1.82) is 0 Å². The minimum Gasteiger partial charge on any atom is -0.325 e. The Morgan fingerprint density at radius 3 is 3.00 bits per heavy atom. The molecule has 2 amide bonds. The van der Waals surface area contributed by atoms with Crippen LogP contribution in [-0.4, -0.2) is 50.4 Å². The number of fused-ring (bicyclic) bond motifs is 1. The molecule has 0 N–H and O–H groups in total. The number of carbonyl (C=O) groups is 2. The molecule has 2 aliphatic rings.